The predicted octanol–water partition coefficient (Wildman–Crippen LogP) is 2.60. The highest BCUT2D eigenvalue weighted by atomic mass is 16.3. The Morgan fingerprint density at radius 3 is 2.23 bits per heavy atom. The van der Waals surface area contributed by atoms with Crippen LogP contribution in [0.2, 0.25) is 0 Å². The van der Waals surface area contributed by atoms with Gasteiger partial charge in [0.2, 0.25) is 0 Å². The molecule has 0 amide bonds. The molecular formula is C11H16O2. The van der Waals surface area contributed by atoms with Gasteiger partial charge in [-0.1, -0.05) is 13.8 Å². The van der Waals surface area contributed by atoms with Gasteiger partial charge in [-0.2, -0.15) is 0 Å². The second-order valence-electron chi connectivity index (χ2n) is 3.87. The highest BCUT2D eigenvalue weighted by molar-refractivity contribution is 5.45. The molecule has 0 radical (unpaired) electrons. The maximum Gasteiger partial charge on any atom is 0.157 e. The Morgan fingerprint density at radius 2 is 1.69 bits per heavy atom. The van der Waals surface area contributed by atoms with E-state index in [-0.39, 0.29) is 11.5 Å². The van der Waals surface area contributed by atoms with E-state index in [2.05, 4.69) is 13.8 Å². The predicted molar refractivity (Wildman–Crippen MR) is 53.1 cm³/mol. The van der Waals surface area contributed by atoms with E-state index in [0.717, 1.165) is 17.5 Å². The van der Waals surface area contributed by atoms with E-state index >= 15 is 0 Å². The van der Waals surface area contributed by atoms with Gasteiger partial charge in [0.05, 0.1) is 0 Å². The molecule has 1 rings (SSSR count). The van der Waals surface area contributed by atoms with E-state index in [9.17, 15) is 10.2 Å². The molecule has 2 heteroatoms. The van der Waals surface area contributed by atoms with Crippen LogP contribution in [0.1, 0.15) is 25.0 Å². The van der Waals surface area contributed by atoms with E-state index in [0.29, 0.717) is 5.92 Å². The van der Waals surface area contributed by atoms with E-state index in [1.807, 2.05) is 6.92 Å². The largest absolute Gasteiger partial charge is 0.504 e. The molecule has 0 saturated carbocycles. The van der Waals surface area contributed by atoms with Gasteiger partial charge in [0.25, 0.3) is 0 Å². The van der Waals surface area contributed by atoms with Crippen LogP contribution in [-0.2, 0) is 6.42 Å². The molecule has 0 aromatic heterocycles. The molecule has 0 atom stereocenters. The molecule has 0 fully saturated rings. The summed E-state index contributed by atoms with van der Waals surface area (Å²) in [4.78, 5) is 0. The minimum Gasteiger partial charge on any atom is -0.504 e. The van der Waals surface area contributed by atoms with Crippen LogP contribution >= 0.6 is 0 Å². The zero-order chi connectivity index (χ0) is 10.0. The third-order valence-corrected chi connectivity index (χ3v) is 2.06. The van der Waals surface area contributed by atoms with Gasteiger partial charge < -0.3 is 10.2 Å². The van der Waals surface area contributed by atoms with Crippen molar-refractivity contribution < 1.29 is 10.2 Å². The maximum atomic E-state index is 9.29. The Balaban J connectivity index is 3.01. The first-order chi connectivity index (χ1) is 6.00. The van der Waals surface area contributed by atoms with Crippen LogP contribution in [0, 0.1) is 12.8 Å². The average Bonchev–Trinajstić information content (AvgIpc) is 1.99. The molecule has 0 bridgehead atoms. The van der Waals surface area contributed by atoms with Crippen molar-refractivity contribution in [3.63, 3.8) is 0 Å². The molecule has 0 aliphatic rings. The summed E-state index contributed by atoms with van der Waals surface area (Å²) >= 11 is 0. The van der Waals surface area contributed by atoms with Crippen LogP contribution in [0.4, 0.5) is 0 Å². The van der Waals surface area contributed by atoms with E-state index in [1.165, 1.54) is 0 Å². The third kappa shape index (κ3) is 2.38. The van der Waals surface area contributed by atoms with Crippen LogP contribution in [-0.4, -0.2) is 10.2 Å². The van der Waals surface area contributed by atoms with Crippen molar-refractivity contribution in [2.24, 2.45) is 5.92 Å². The summed E-state index contributed by atoms with van der Waals surface area (Å²) in [5.74, 6) is 0.494. The zero-order valence-corrected chi connectivity index (χ0v) is 8.33. The van der Waals surface area contributed by atoms with Crippen molar-refractivity contribution in [2.45, 2.75) is 27.2 Å². The molecule has 13 heavy (non-hydrogen) atoms. The van der Waals surface area contributed by atoms with Gasteiger partial charge in [0.15, 0.2) is 11.5 Å². The quantitative estimate of drug-likeness (QED) is 0.687. The maximum absolute atomic E-state index is 9.29. The second-order valence-corrected chi connectivity index (χ2v) is 3.87. The number of hydrogen-bond donors (Lipinski definition) is 2. The molecular weight excluding hydrogens is 164 g/mol. The van der Waals surface area contributed by atoms with Gasteiger partial charge in [-0.3, -0.25) is 0 Å². The van der Waals surface area contributed by atoms with Crippen molar-refractivity contribution in [3.05, 3.63) is 23.3 Å². The van der Waals surface area contributed by atoms with Crippen molar-refractivity contribution in [2.75, 3.05) is 0 Å². The van der Waals surface area contributed by atoms with Gasteiger partial charge >= 0.3 is 0 Å². The Morgan fingerprint density at radius 1 is 1.15 bits per heavy atom. The SMILES string of the molecule is Cc1cc(O)c(O)cc1CC(C)C. The zero-order valence-electron chi connectivity index (χ0n) is 8.33. The van der Waals surface area contributed by atoms with Crippen molar-refractivity contribution in [3.8, 4) is 11.5 Å². The summed E-state index contributed by atoms with van der Waals surface area (Å²) < 4.78 is 0. The molecule has 2 nitrogen and oxygen atoms in total. The molecule has 1 aromatic rings. The molecule has 1 aromatic carbocycles. The highest BCUT2D eigenvalue weighted by Gasteiger charge is 2.06. The van der Waals surface area contributed by atoms with Gasteiger partial charge in [-0.05, 0) is 42.5 Å². The molecule has 0 unspecified atom stereocenters. The summed E-state index contributed by atoms with van der Waals surface area (Å²) in [7, 11) is 0. The molecule has 0 spiro atoms. The lowest BCUT2D eigenvalue weighted by atomic mass is 9.98. The second kappa shape index (κ2) is 3.69. The molecule has 0 aliphatic heterocycles. The van der Waals surface area contributed by atoms with Crippen molar-refractivity contribution in [1.82, 2.24) is 0 Å². The first kappa shape index (κ1) is 9.90. The molecule has 2 N–H and O–H groups in total. The number of phenols is 2. The minimum absolute atomic E-state index is 0.0266. The smallest absolute Gasteiger partial charge is 0.157 e. The first-order valence-corrected chi connectivity index (χ1v) is 4.52. The Labute approximate surface area is 78.8 Å². The van der Waals surface area contributed by atoms with E-state index in [1.54, 1.807) is 12.1 Å². The van der Waals surface area contributed by atoms with Crippen LogP contribution in [0.5, 0.6) is 11.5 Å². The normalized spacial score (nSPS) is 10.8. The molecule has 0 saturated heterocycles. The average molecular weight is 180 g/mol. The van der Waals surface area contributed by atoms with Gasteiger partial charge in [-0.15, -0.1) is 0 Å². The number of aromatic hydroxyl groups is 2. The highest BCUT2D eigenvalue weighted by Crippen LogP contribution is 2.28. The standard InChI is InChI=1S/C11H16O2/c1-7(2)4-9-6-11(13)10(12)5-8(9)3/h5-7,12-13H,4H2,1-3H3. The first-order valence-electron chi connectivity index (χ1n) is 4.52. The Hall–Kier alpha value is -1.18. The minimum atomic E-state index is -0.0370. The number of hydrogen-bond acceptors (Lipinski definition) is 2. The van der Waals surface area contributed by atoms with Crippen LogP contribution in [0.3, 0.4) is 0 Å². The summed E-state index contributed by atoms with van der Waals surface area (Å²) in [5.41, 5.74) is 2.13. The van der Waals surface area contributed by atoms with Crippen LogP contribution in [0.25, 0.3) is 0 Å². The van der Waals surface area contributed by atoms with Crippen molar-refractivity contribution in [1.29, 1.82) is 0 Å². The summed E-state index contributed by atoms with van der Waals surface area (Å²) in [5, 5.41) is 18.5. The number of benzene rings is 1. The van der Waals surface area contributed by atoms with Crippen LogP contribution in [0.15, 0.2) is 12.1 Å². The van der Waals surface area contributed by atoms with Gasteiger partial charge in [0, 0.05) is 0 Å². The van der Waals surface area contributed by atoms with E-state index < -0.39 is 0 Å². The topological polar surface area (TPSA) is 40.5 Å². The fourth-order valence-corrected chi connectivity index (χ4v) is 1.38. The lowest BCUT2D eigenvalue weighted by Gasteiger charge is -2.09. The van der Waals surface area contributed by atoms with Crippen LogP contribution < -0.4 is 0 Å². The Bertz CT molecular complexity index is 303. The molecule has 0 heterocycles. The monoisotopic (exact) mass is 180 g/mol. The Kier molecular flexibility index (Phi) is 2.81. The summed E-state index contributed by atoms with van der Waals surface area (Å²) in [6, 6.07) is 3.25. The summed E-state index contributed by atoms with van der Waals surface area (Å²) in [6.07, 6.45) is 0.930. The molecule has 72 valence electrons. The molecule has 0 aliphatic carbocycles. The van der Waals surface area contributed by atoms with E-state index in [4.69, 9.17) is 0 Å². The number of aryl methyl sites for hydroxylation is 1. The third-order valence-electron chi connectivity index (χ3n) is 2.06. The fourth-order valence-electron chi connectivity index (χ4n) is 1.38. The lowest BCUT2D eigenvalue weighted by molar-refractivity contribution is 0.402. The summed E-state index contributed by atoms with van der Waals surface area (Å²) in [6.45, 7) is 6.20. The number of phenolic OH excluding ortho intramolecular Hbond substituents is 2. The van der Waals surface area contributed by atoms with Gasteiger partial charge in [0.1, 0.15) is 0 Å². The number of rotatable bonds is 2. The lowest BCUT2D eigenvalue weighted by Crippen LogP contribution is -1.96. The van der Waals surface area contributed by atoms with Gasteiger partial charge in [-0.25, -0.2) is 0 Å². The van der Waals surface area contributed by atoms with Crippen molar-refractivity contribution >= 4 is 0 Å². The fraction of sp³-hybridized carbons (Fsp3) is 0.455.